The summed E-state index contributed by atoms with van der Waals surface area (Å²) in [7, 11) is 0. The Kier molecular flexibility index (Phi) is 6.70. The van der Waals surface area contributed by atoms with Crippen LogP contribution in [0.4, 0.5) is 0 Å². The molecule has 2 N–H and O–H groups in total. The van der Waals surface area contributed by atoms with Gasteiger partial charge in [0.25, 0.3) is 0 Å². The van der Waals surface area contributed by atoms with E-state index in [9.17, 15) is 4.79 Å². The number of amides is 1. The average molecular weight is 413 g/mol. The van der Waals surface area contributed by atoms with E-state index in [2.05, 4.69) is 53.1 Å². The van der Waals surface area contributed by atoms with E-state index in [-0.39, 0.29) is 24.5 Å². The Morgan fingerprint density at radius 1 is 0.667 bits per heavy atom. The van der Waals surface area contributed by atoms with Crippen molar-refractivity contribution in [2.24, 2.45) is 0 Å². The summed E-state index contributed by atoms with van der Waals surface area (Å²) in [6.07, 6.45) is 0. The molecule has 1 amide bonds. The Hall–Kier alpha value is -3.21. The van der Waals surface area contributed by atoms with Crippen molar-refractivity contribution < 1.29 is 4.79 Å². The van der Waals surface area contributed by atoms with Crippen LogP contribution in [-0.2, 0) is 4.79 Å². The van der Waals surface area contributed by atoms with Crippen molar-refractivity contribution in [1.82, 2.24) is 10.6 Å². The summed E-state index contributed by atoms with van der Waals surface area (Å²) in [6, 6.07) is 34.4. The van der Waals surface area contributed by atoms with Crippen LogP contribution in [0.3, 0.4) is 0 Å². The number of carbonyl (C=O) groups is 1. The molecule has 1 aromatic heterocycles. The Labute approximate surface area is 181 Å². The molecule has 0 aliphatic heterocycles. The Balaban J connectivity index is 1.49. The summed E-state index contributed by atoms with van der Waals surface area (Å²) in [6.45, 7) is 0.225. The van der Waals surface area contributed by atoms with Crippen LogP contribution in [0.15, 0.2) is 109 Å². The first kappa shape index (κ1) is 20.1. The molecule has 0 bridgehead atoms. The van der Waals surface area contributed by atoms with Gasteiger partial charge in [-0.15, -0.1) is 11.3 Å². The summed E-state index contributed by atoms with van der Waals surface area (Å²) >= 11 is 1.65. The van der Waals surface area contributed by atoms with Crippen molar-refractivity contribution in [2.75, 3.05) is 6.54 Å². The monoisotopic (exact) mass is 412 g/mol. The minimum absolute atomic E-state index is 0.0332. The lowest BCUT2D eigenvalue weighted by molar-refractivity contribution is -0.120. The number of nitrogens with one attached hydrogen (secondary N) is 2. The Morgan fingerprint density at radius 2 is 1.17 bits per heavy atom. The van der Waals surface area contributed by atoms with E-state index >= 15 is 0 Å². The molecule has 0 aliphatic rings. The average Bonchev–Trinajstić information content (AvgIpc) is 3.34. The number of hydrogen-bond acceptors (Lipinski definition) is 3. The molecule has 0 unspecified atom stereocenters. The van der Waals surface area contributed by atoms with E-state index in [1.807, 2.05) is 66.0 Å². The molecule has 0 saturated carbocycles. The highest BCUT2D eigenvalue weighted by Gasteiger charge is 2.19. The van der Waals surface area contributed by atoms with Crippen molar-refractivity contribution in [3.63, 3.8) is 0 Å². The highest BCUT2D eigenvalue weighted by Crippen LogP contribution is 2.26. The molecule has 150 valence electrons. The summed E-state index contributed by atoms with van der Waals surface area (Å²) in [5, 5.41) is 8.69. The fourth-order valence-corrected chi connectivity index (χ4v) is 4.35. The van der Waals surface area contributed by atoms with Crippen LogP contribution in [-0.4, -0.2) is 12.5 Å². The van der Waals surface area contributed by atoms with E-state index in [4.69, 9.17) is 0 Å². The largest absolute Gasteiger partial charge is 0.343 e. The molecule has 0 spiro atoms. The van der Waals surface area contributed by atoms with Crippen LogP contribution in [0.5, 0.6) is 0 Å². The number of benzene rings is 3. The van der Waals surface area contributed by atoms with Crippen molar-refractivity contribution >= 4 is 17.2 Å². The van der Waals surface area contributed by atoms with Crippen LogP contribution in [0.1, 0.15) is 33.7 Å². The topological polar surface area (TPSA) is 41.1 Å². The summed E-state index contributed by atoms with van der Waals surface area (Å²) in [4.78, 5) is 14.0. The minimum atomic E-state index is -0.146. The Morgan fingerprint density at radius 3 is 1.63 bits per heavy atom. The molecular formula is C26H24N2OS. The molecule has 0 fully saturated rings. The van der Waals surface area contributed by atoms with Gasteiger partial charge in [0.05, 0.1) is 18.6 Å². The minimum Gasteiger partial charge on any atom is -0.343 e. The summed E-state index contributed by atoms with van der Waals surface area (Å²) < 4.78 is 0. The third kappa shape index (κ3) is 5.03. The molecule has 1 atom stereocenters. The lowest BCUT2D eigenvalue weighted by Gasteiger charge is -2.22. The van der Waals surface area contributed by atoms with E-state index in [0.717, 1.165) is 21.6 Å². The quantitative estimate of drug-likeness (QED) is 0.410. The predicted molar refractivity (Wildman–Crippen MR) is 123 cm³/mol. The summed E-state index contributed by atoms with van der Waals surface area (Å²) in [5.74, 6) is -0.0332. The molecule has 4 rings (SSSR count). The number of carbonyl (C=O) groups excluding carboxylic acids is 1. The van der Waals surface area contributed by atoms with Gasteiger partial charge < -0.3 is 5.32 Å². The molecule has 0 aliphatic carbocycles. The molecule has 30 heavy (non-hydrogen) atoms. The van der Waals surface area contributed by atoms with Crippen LogP contribution >= 0.6 is 11.3 Å². The van der Waals surface area contributed by atoms with E-state index < -0.39 is 0 Å². The third-order valence-electron chi connectivity index (χ3n) is 5.00. The molecule has 4 heteroatoms. The lowest BCUT2D eigenvalue weighted by atomic mass is 9.99. The number of thiophene rings is 1. The molecule has 3 nitrogen and oxygen atoms in total. The molecule has 0 saturated heterocycles. The molecule has 1 heterocycles. The fourth-order valence-electron chi connectivity index (χ4n) is 3.55. The first-order valence-electron chi connectivity index (χ1n) is 10.0. The standard InChI is InChI=1S/C26H24N2OS/c29-24(28-26(23-17-10-18-30-23)22-15-8-3-9-16-22)19-27-25(20-11-4-1-5-12-20)21-13-6-2-7-14-21/h1-18,25-27H,19H2,(H,28,29)/t26-/m0/s1. The first-order chi connectivity index (χ1) is 14.8. The second-order valence-corrected chi connectivity index (χ2v) is 8.04. The van der Waals surface area contributed by atoms with E-state index in [0.29, 0.717) is 0 Å². The van der Waals surface area contributed by atoms with Crippen LogP contribution in [0.25, 0.3) is 0 Å². The van der Waals surface area contributed by atoms with Gasteiger partial charge in [0.1, 0.15) is 0 Å². The predicted octanol–water partition coefficient (Wildman–Crippen LogP) is 5.33. The molecular weight excluding hydrogens is 388 g/mol. The van der Waals surface area contributed by atoms with Gasteiger partial charge in [-0.25, -0.2) is 0 Å². The van der Waals surface area contributed by atoms with Gasteiger partial charge in [0.2, 0.25) is 5.91 Å². The highest BCUT2D eigenvalue weighted by molar-refractivity contribution is 7.10. The maximum atomic E-state index is 12.9. The van der Waals surface area contributed by atoms with Crippen LogP contribution < -0.4 is 10.6 Å². The van der Waals surface area contributed by atoms with Gasteiger partial charge >= 0.3 is 0 Å². The fraction of sp³-hybridized carbons (Fsp3) is 0.115. The van der Waals surface area contributed by atoms with Crippen molar-refractivity contribution in [3.05, 3.63) is 130 Å². The van der Waals surface area contributed by atoms with Crippen molar-refractivity contribution in [1.29, 1.82) is 0 Å². The number of rotatable bonds is 8. The van der Waals surface area contributed by atoms with Gasteiger partial charge in [0, 0.05) is 4.88 Å². The smallest absolute Gasteiger partial charge is 0.234 e. The zero-order valence-corrected chi connectivity index (χ0v) is 17.4. The maximum Gasteiger partial charge on any atom is 0.234 e. The van der Waals surface area contributed by atoms with Crippen molar-refractivity contribution in [3.8, 4) is 0 Å². The second-order valence-electron chi connectivity index (χ2n) is 7.06. The maximum absolute atomic E-state index is 12.9. The van der Waals surface area contributed by atoms with Crippen molar-refractivity contribution in [2.45, 2.75) is 12.1 Å². The first-order valence-corrected chi connectivity index (χ1v) is 10.9. The molecule has 3 aromatic carbocycles. The van der Waals surface area contributed by atoms with Crippen LogP contribution in [0.2, 0.25) is 0 Å². The normalized spacial score (nSPS) is 11.9. The Bertz CT molecular complexity index is 995. The van der Waals surface area contributed by atoms with Gasteiger partial charge in [0.15, 0.2) is 0 Å². The van der Waals surface area contributed by atoms with Gasteiger partial charge in [-0.3, -0.25) is 10.1 Å². The second kappa shape index (κ2) is 10.0. The van der Waals surface area contributed by atoms with E-state index in [1.54, 1.807) is 11.3 Å². The van der Waals surface area contributed by atoms with Gasteiger partial charge in [-0.2, -0.15) is 0 Å². The van der Waals surface area contributed by atoms with Gasteiger partial charge in [-0.05, 0) is 28.1 Å². The zero-order valence-electron chi connectivity index (χ0n) is 16.6. The lowest BCUT2D eigenvalue weighted by Crippen LogP contribution is -2.38. The van der Waals surface area contributed by atoms with E-state index in [1.165, 1.54) is 0 Å². The SMILES string of the molecule is O=C(CNC(c1ccccc1)c1ccccc1)N[C@@H](c1ccccc1)c1cccs1. The third-order valence-corrected chi connectivity index (χ3v) is 5.94. The van der Waals surface area contributed by atoms with Gasteiger partial charge in [-0.1, -0.05) is 97.1 Å². The number of hydrogen-bond donors (Lipinski definition) is 2. The summed E-state index contributed by atoms with van der Waals surface area (Å²) in [5.41, 5.74) is 3.35. The van der Waals surface area contributed by atoms with Crippen LogP contribution in [0, 0.1) is 0 Å². The molecule has 4 aromatic rings. The molecule has 0 radical (unpaired) electrons. The zero-order chi connectivity index (χ0) is 20.6. The highest BCUT2D eigenvalue weighted by atomic mass is 32.1.